The molecule has 0 aromatic carbocycles. The van der Waals surface area contributed by atoms with Crippen LogP contribution in [0.3, 0.4) is 0 Å². The Balaban J connectivity index is 4.43. The number of nitrogens with one attached hydrogen (secondary N) is 1. The number of rotatable bonds is 7. The SMILES string of the molecule is CCNC(CC)C(C)N(CC)CC(F)(F)F. The van der Waals surface area contributed by atoms with Crippen molar-refractivity contribution < 1.29 is 13.2 Å². The molecule has 0 aromatic heterocycles. The molecule has 0 saturated carbocycles. The van der Waals surface area contributed by atoms with Crippen molar-refractivity contribution in [3.8, 4) is 0 Å². The van der Waals surface area contributed by atoms with E-state index < -0.39 is 12.7 Å². The highest BCUT2D eigenvalue weighted by molar-refractivity contribution is 4.80. The van der Waals surface area contributed by atoms with Gasteiger partial charge in [0, 0.05) is 12.1 Å². The Labute approximate surface area is 96.2 Å². The lowest BCUT2D eigenvalue weighted by atomic mass is 10.1. The zero-order valence-electron chi connectivity index (χ0n) is 10.6. The maximum absolute atomic E-state index is 12.3. The highest BCUT2D eigenvalue weighted by atomic mass is 19.4. The van der Waals surface area contributed by atoms with Gasteiger partial charge in [0.15, 0.2) is 0 Å². The van der Waals surface area contributed by atoms with Crippen molar-refractivity contribution in [3.05, 3.63) is 0 Å². The molecule has 5 heteroatoms. The number of hydrogen-bond acceptors (Lipinski definition) is 2. The van der Waals surface area contributed by atoms with E-state index in [0.29, 0.717) is 6.54 Å². The van der Waals surface area contributed by atoms with E-state index in [4.69, 9.17) is 0 Å². The van der Waals surface area contributed by atoms with E-state index in [1.165, 1.54) is 4.90 Å². The van der Waals surface area contributed by atoms with Gasteiger partial charge < -0.3 is 5.32 Å². The fraction of sp³-hybridized carbons (Fsp3) is 1.00. The van der Waals surface area contributed by atoms with Crippen molar-refractivity contribution in [3.63, 3.8) is 0 Å². The van der Waals surface area contributed by atoms with Gasteiger partial charge in [0.25, 0.3) is 0 Å². The predicted octanol–water partition coefficient (Wildman–Crippen LogP) is 2.65. The van der Waals surface area contributed by atoms with Crippen LogP contribution in [0, 0.1) is 0 Å². The Morgan fingerprint density at radius 3 is 2.06 bits per heavy atom. The van der Waals surface area contributed by atoms with Crippen molar-refractivity contribution in [1.82, 2.24) is 10.2 Å². The molecule has 1 N–H and O–H groups in total. The number of likely N-dealkylation sites (N-methyl/N-ethyl adjacent to an activating group) is 2. The van der Waals surface area contributed by atoms with Gasteiger partial charge in [-0.2, -0.15) is 13.2 Å². The number of alkyl halides is 3. The zero-order valence-corrected chi connectivity index (χ0v) is 10.6. The highest BCUT2D eigenvalue weighted by Gasteiger charge is 2.33. The molecule has 98 valence electrons. The molecule has 0 radical (unpaired) electrons. The monoisotopic (exact) mass is 240 g/mol. The molecule has 0 amide bonds. The fourth-order valence-electron chi connectivity index (χ4n) is 1.95. The summed E-state index contributed by atoms with van der Waals surface area (Å²) in [4.78, 5) is 1.47. The Morgan fingerprint density at radius 2 is 1.75 bits per heavy atom. The summed E-state index contributed by atoms with van der Waals surface area (Å²) >= 11 is 0. The zero-order chi connectivity index (χ0) is 12.8. The van der Waals surface area contributed by atoms with E-state index in [1.54, 1.807) is 6.92 Å². The van der Waals surface area contributed by atoms with Crippen LogP contribution in [0.5, 0.6) is 0 Å². The van der Waals surface area contributed by atoms with Gasteiger partial charge in [0.1, 0.15) is 0 Å². The fourth-order valence-corrected chi connectivity index (χ4v) is 1.95. The molecule has 0 bridgehead atoms. The summed E-state index contributed by atoms with van der Waals surface area (Å²) in [6, 6.07) is 0.0175. The molecule has 2 nitrogen and oxygen atoms in total. The molecule has 0 rings (SSSR count). The molecule has 0 aliphatic carbocycles. The molecule has 0 heterocycles. The Bertz CT molecular complexity index is 183. The molecular formula is C11H23F3N2. The van der Waals surface area contributed by atoms with Gasteiger partial charge in [-0.1, -0.05) is 20.8 Å². The minimum Gasteiger partial charge on any atom is -0.313 e. The Hall–Kier alpha value is -0.290. The van der Waals surface area contributed by atoms with Crippen LogP contribution < -0.4 is 5.32 Å². The molecule has 0 aromatic rings. The summed E-state index contributed by atoms with van der Waals surface area (Å²) in [6.45, 7) is 7.95. The maximum Gasteiger partial charge on any atom is 0.401 e. The van der Waals surface area contributed by atoms with Crippen LogP contribution in [0.1, 0.15) is 34.1 Å². The molecule has 0 spiro atoms. The van der Waals surface area contributed by atoms with Gasteiger partial charge >= 0.3 is 6.18 Å². The van der Waals surface area contributed by atoms with Crippen LogP contribution >= 0.6 is 0 Å². The largest absolute Gasteiger partial charge is 0.401 e. The first-order valence-electron chi connectivity index (χ1n) is 5.89. The summed E-state index contributed by atoms with van der Waals surface area (Å²) in [6.07, 6.45) is -3.28. The molecule has 2 unspecified atom stereocenters. The van der Waals surface area contributed by atoms with Gasteiger partial charge in [-0.25, -0.2) is 0 Å². The lowest BCUT2D eigenvalue weighted by molar-refractivity contribution is -0.150. The van der Waals surface area contributed by atoms with Gasteiger partial charge in [0.2, 0.25) is 0 Å². The second kappa shape index (κ2) is 7.12. The van der Waals surface area contributed by atoms with Gasteiger partial charge in [0.05, 0.1) is 6.54 Å². The van der Waals surface area contributed by atoms with Crippen molar-refractivity contribution in [1.29, 1.82) is 0 Å². The van der Waals surface area contributed by atoms with Crippen LogP contribution in [0.2, 0.25) is 0 Å². The summed E-state index contributed by atoms with van der Waals surface area (Å²) < 4.78 is 37.0. The third-order valence-electron chi connectivity index (χ3n) is 2.85. The first-order valence-corrected chi connectivity index (χ1v) is 5.89. The Morgan fingerprint density at radius 1 is 1.19 bits per heavy atom. The van der Waals surface area contributed by atoms with E-state index >= 15 is 0 Å². The van der Waals surface area contributed by atoms with Crippen molar-refractivity contribution in [2.24, 2.45) is 0 Å². The van der Waals surface area contributed by atoms with Crippen molar-refractivity contribution >= 4 is 0 Å². The molecule has 0 aliphatic heterocycles. The topological polar surface area (TPSA) is 15.3 Å². The smallest absolute Gasteiger partial charge is 0.313 e. The molecule has 0 saturated heterocycles. The van der Waals surface area contributed by atoms with Crippen molar-refractivity contribution in [2.75, 3.05) is 19.6 Å². The standard InChI is InChI=1S/C11H23F3N2/c1-5-10(15-6-2)9(4)16(7-3)8-11(12,13)14/h9-10,15H,5-8H2,1-4H3. The predicted molar refractivity (Wildman–Crippen MR) is 60.5 cm³/mol. The molecular weight excluding hydrogens is 217 g/mol. The van der Waals surface area contributed by atoms with Crippen LogP contribution in [-0.2, 0) is 0 Å². The minimum atomic E-state index is -4.12. The van der Waals surface area contributed by atoms with Crippen LogP contribution in [0.25, 0.3) is 0 Å². The third kappa shape index (κ3) is 5.70. The van der Waals surface area contributed by atoms with Gasteiger partial charge in [-0.15, -0.1) is 0 Å². The van der Waals surface area contributed by atoms with E-state index in [0.717, 1.165) is 13.0 Å². The van der Waals surface area contributed by atoms with E-state index in [-0.39, 0.29) is 12.1 Å². The second-order valence-corrected chi connectivity index (χ2v) is 3.99. The van der Waals surface area contributed by atoms with Gasteiger partial charge in [-0.05, 0) is 26.4 Å². The number of halogens is 3. The van der Waals surface area contributed by atoms with Crippen LogP contribution in [-0.4, -0.2) is 42.8 Å². The quantitative estimate of drug-likeness (QED) is 0.736. The van der Waals surface area contributed by atoms with E-state index in [1.807, 2.05) is 20.8 Å². The average Bonchev–Trinajstić information content (AvgIpc) is 2.20. The lowest BCUT2D eigenvalue weighted by Gasteiger charge is -2.34. The molecule has 0 fully saturated rings. The van der Waals surface area contributed by atoms with Crippen LogP contribution in [0.4, 0.5) is 13.2 Å². The normalized spacial score (nSPS) is 16.5. The summed E-state index contributed by atoms with van der Waals surface area (Å²) in [5.74, 6) is 0. The number of nitrogens with zero attached hydrogens (tertiary/aromatic N) is 1. The summed E-state index contributed by atoms with van der Waals surface area (Å²) in [7, 11) is 0. The third-order valence-corrected chi connectivity index (χ3v) is 2.85. The van der Waals surface area contributed by atoms with Crippen LogP contribution in [0.15, 0.2) is 0 Å². The first-order chi connectivity index (χ1) is 7.35. The molecule has 0 aliphatic rings. The molecule has 16 heavy (non-hydrogen) atoms. The van der Waals surface area contributed by atoms with Gasteiger partial charge in [-0.3, -0.25) is 4.90 Å². The molecule has 2 atom stereocenters. The first kappa shape index (κ1) is 15.7. The van der Waals surface area contributed by atoms with E-state index in [2.05, 4.69) is 5.32 Å². The summed E-state index contributed by atoms with van der Waals surface area (Å²) in [5, 5.41) is 3.22. The highest BCUT2D eigenvalue weighted by Crippen LogP contribution is 2.19. The van der Waals surface area contributed by atoms with E-state index in [9.17, 15) is 13.2 Å². The lowest BCUT2D eigenvalue weighted by Crippen LogP contribution is -2.50. The summed E-state index contributed by atoms with van der Waals surface area (Å²) in [5.41, 5.74) is 0. The Kier molecular flexibility index (Phi) is 6.99. The second-order valence-electron chi connectivity index (χ2n) is 3.99. The average molecular weight is 240 g/mol. The maximum atomic E-state index is 12.3. The minimum absolute atomic E-state index is 0.100. The number of hydrogen-bond donors (Lipinski definition) is 1. The van der Waals surface area contributed by atoms with Crippen molar-refractivity contribution in [2.45, 2.75) is 52.4 Å².